The molecule has 3 aromatic rings. The summed E-state index contributed by atoms with van der Waals surface area (Å²) in [5.41, 5.74) is 1.45. The fourth-order valence-corrected chi connectivity index (χ4v) is 6.03. The van der Waals surface area contributed by atoms with Crippen LogP contribution in [0.3, 0.4) is 0 Å². The van der Waals surface area contributed by atoms with Crippen molar-refractivity contribution < 1.29 is 37.0 Å². The zero-order valence-corrected chi connectivity index (χ0v) is 24.5. The van der Waals surface area contributed by atoms with Crippen LogP contribution < -0.4 is 10.1 Å². The van der Waals surface area contributed by atoms with Gasteiger partial charge in [0.05, 0.1) is 18.1 Å². The molecule has 1 aliphatic rings. The van der Waals surface area contributed by atoms with E-state index in [-0.39, 0.29) is 49.9 Å². The number of morpholine rings is 1. The third-order valence-electron chi connectivity index (χ3n) is 6.97. The van der Waals surface area contributed by atoms with E-state index in [0.717, 1.165) is 5.56 Å². The highest BCUT2D eigenvalue weighted by Gasteiger charge is 2.31. The Morgan fingerprint density at radius 3 is 2.30 bits per heavy atom. The van der Waals surface area contributed by atoms with Gasteiger partial charge in [-0.3, -0.25) is 9.59 Å². The van der Waals surface area contributed by atoms with E-state index in [9.17, 15) is 27.5 Å². The van der Waals surface area contributed by atoms with Crippen molar-refractivity contribution in [2.24, 2.45) is 0 Å². The van der Waals surface area contributed by atoms with Gasteiger partial charge in [0.1, 0.15) is 17.6 Å². The number of carbonyl (C=O) groups is 2. The number of ether oxygens (including phenoxy) is 2. The van der Waals surface area contributed by atoms with E-state index in [1.165, 1.54) is 45.6 Å². The van der Waals surface area contributed by atoms with E-state index in [1.54, 1.807) is 12.1 Å². The van der Waals surface area contributed by atoms with Gasteiger partial charge in [0, 0.05) is 39.2 Å². The average Bonchev–Trinajstić information content (AvgIpc) is 3.03. The summed E-state index contributed by atoms with van der Waals surface area (Å²) in [6, 6.07) is 19.8. The Hall–Kier alpha value is -3.84. The molecule has 0 spiro atoms. The van der Waals surface area contributed by atoms with Gasteiger partial charge in [-0.05, 0) is 53.9 Å². The van der Waals surface area contributed by atoms with Crippen LogP contribution in [0.2, 0.25) is 0 Å². The van der Waals surface area contributed by atoms with Crippen LogP contribution >= 0.6 is 0 Å². The van der Waals surface area contributed by atoms with Crippen molar-refractivity contribution in [3.63, 3.8) is 0 Å². The highest BCUT2D eigenvalue weighted by molar-refractivity contribution is 7.89. The van der Waals surface area contributed by atoms with Gasteiger partial charge in [-0.1, -0.05) is 42.5 Å². The molecule has 0 saturated carbocycles. The standard InChI is InChI=1S/C31H36FN3O7S/c32-26-9-7-25(8-10-26)22-35(29(31(38)33-15-4-18-36)21-24-5-2-1-3-6-24)30(37)23-42-27-11-13-28(14-12-27)43(39,40)34-16-19-41-20-17-34/h1-3,5-14,29,36H,4,15-23H2,(H,33,38)/t29-/m1/s1. The molecule has 2 amide bonds. The van der Waals surface area contributed by atoms with Crippen LogP contribution in [-0.4, -0.2) is 86.6 Å². The number of hydrogen-bond donors (Lipinski definition) is 2. The first-order valence-electron chi connectivity index (χ1n) is 14.0. The number of sulfonamides is 1. The minimum atomic E-state index is -3.69. The normalized spacial score (nSPS) is 14.6. The molecule has 0 aromatic heterocycles. The van der Waals surface area contributed by atoms with E-state index >= 15 is 0 Å². The molecular formula is C31H36FN3O7S. The van der Waals surface area contributed by atoms with Gasteiger partial charge < -0.3 is 24.8 Å². The number of aliphatic hydroxyl groups excluding tert-OH is 1. The first-order valence-corrected chi connectivity index (χ1v) is 15.5. The maximum atomic E-state index is 13.7. The van der Waals surface area contributed by atoms with Crippen molar-refractivity contribution in [3.8, 4) is 5.75 Å². The Bertz CT molecular complexity index is 1430. The SMILES string of the molecule is O=C(NCCCO)[C@@H](Cc1ccccc1)N(Cc1ccc(F)cc1)C(=O)COc1ccc(S(=O)(=O)N2CCOCC2)cc1. The zero-order chi connectivity index (χ0) is 30.7. The summed E-state index contributed by atoms with van der Waals surface area (Å²) < 4.78 is 51.8. The second kappa shape index (κ2) is 15.6. The maximum absolute atomic E-state index is 13.7. The predicted octanol–water partition coefficient (Wildman–Crippen LogP) is 2.36. The van der Waals surface area contributed by atoms with Gasteiger partial charge in [0.15, 0.2) is 6.61 Å². The van der Waals surface area contributed by atoms with Gasteiger partial charge in [0.2, 0.25) is 15.9 Å². The minimum absolute atomic E-state index is 0.0180. The summed E-state index contributed by atoms with van der Waals surface area (Å²) in [6.45, 7) is 0.949. The summed E-state index contributed by atoms with van der Waals surface area (Å²) in [7, 11) is -3.69. The molecule has 1 atom stereocenters. The van der Waals surface area contributed by atoms with Crippen LogP contribution in [0.5, 0.6) is 5.75 Å². The van der Waals surface area contributed by atoms with Crippen molar-refractivity contribution in [3.05, 3.63) is 95.8 Å². The lowest BCUT2D eigenvalue weighted by molar-refractivity contribution is -0.142. The van der Waals surface area contributed by atoms with Crippen LogP contribution in [0.4, 0.5) is 4.39 Å². The lowest BCUT2D eigenvalue weighted by atomic mass is 10.0. The van der Waals surface area contributed by atoms with Crippen molar-refractivity contribution in [1.82, 2.24) is 14.5 Å². The average molecular weight is 614 g/mol. The topological polar surface area (TPSA) is 125 Å². The molecule has 4 rings (SSSR count). The summed E-state index contributed by atoms with van der Waals surface area (Å²) in [6.07, 6.45) is 0.572. The van der Waals surface area contributed by atoms with E-state index in [4.69, 9.17) is 9.47 Å². The van der Waals surface area contributed by atoms with Gasteiger partial charge in [-0.2, -0.15) is 4.31 Å². The molecule has 1 heterocycles. The number of aliphatic hydroxyl groups is 1. The van der Waals surface area contributed by atoms with E-state index < -0.39 is 40.3 Å². The molecule has 1 saturated heterocycles. The second-order valence-electron chi connectivity index (χ2n) is 10.00. The first kappa shape index (κ1) is 32.1. The molecule has 0 unspecified atom stereocenters. The van der Waals surface area contributed by atoms with Crippen LogP contribution in [0.1, 0.15) is 17.5 Å². The Morgan fingerprint density at radius 2 is 1.65 bits per heavy atom. The number of amides is 2. The molecule has 43 heavy (non-hydrogen) atoms. The largest absolute Gasteiger partial charge is 0.484 e. The van der Waals surface area contributed by atoms with Crippen LogP contribution in [0, 0.1) is 5.82 Å². The number of halogens is 1. The summed E-state index contributed by atoms with van der Waals surface area (Å²) in [4.78, 5) is 28.6. The Kier molecular flexibility index (Phi) is 11.6. The molecule has 230 valence electrons. The van der Waals surface area contributed by atoms with Gasteiger partial charge in [-0.25, -0.2) is 12.8 Å². The number of hydrogen-bond acceptors (Lipinski definition) is 7. The molecule has 3 aromatic carbocycles. The molecule has 12 heteroatoms. The first-order chi connectivity index (χ1) is 20.8. The molecule has 2 N–H and O–H groups in total. The molecular weight excluding hydrogens is 577 g/mol. The van der Waals surface area contributed by atoms with Gasteiger partial charge in [-0.15, -0.1) is 0 Å². The third kappa shape index (κ3) is 9.07. The van der Waals surface area contributed by atoms with Crippen LogP contribution in [-0.2, 0) is 37.3 Å². The zero-order valence-electron chi connectivity index (χ0n) is 23.7. The lowest BCUT2D eigenvalue weighted by Crippen LogP contribution is -2.51. The number of nitrogens with one attached hydrogen (secondary N) is 1. The predicted molar refractivity (Wildman–Crippen MR) is 157 cm³/mol. The fraction of sp³-hybridized carbons (Fsp3) is 0.355. The molecule has 10 nitrogen and oxygen atoms in total. The fourth-order valence-electron chi connectivity index (χ4n) is 4.62. The Balaban J connectivity index is 1.53. The van der Waals surface area contributed by atoms with Crippen molar-refractivity contribution in [2.45, 2.75) is 30.3 Å². The van der Waals surface area contributed by atoms with Gasteiger partial charge >= 0.3 is 0 Å². The van der Waals surface area contributed by atoms with Crippen LogP contribution in [0.25, 0.3) is 0 Å². The summed E-state index contributed by atoms with van der Waals surface area (Å²) in [5.74, 6) is -1.03. The molecule has 1 fully saturated rings. The van der Waals surface area contributed by atoms with Crippen molar-refractivity contribution >= 4 is 21.8 Å². The quantitative estimate of drug-likeness (QED) is 0.268. The van der Waals surface area contributed by atoms with Crippen LogP contribution in [0.15, 0.2) is 83.8 Å². The Labute approximate surface area is 251 Å². The highest BCUT2D eigenvalue weighted by atomic mass is 32.2. The second-order valence-corrected chi connectivity index (χ2v) is 11.9. The van der Waals surface area contributed by atoms with Gasteiger partial charge in [0.25, 0.3) is 5.91 Å². The van der Waals surface area contributed by atoms with Crippen molar-refractivity contribution in [1.29, 1.82) is 0 Å². The molecule has 0 radical (unpaired) electrons. The minimum Gasteiger partial charge on any atom is -0.484 e. The number of carbonyl (C=O) groups excluding carboxylic acids is 2. The monoisotopic (exact) mass is 613 g/mol. The number of rotatable bonds is 14. The third-order valence-corrected chi connectivity index (χ3v) is 8.88. The van der Waals surface area contributed by atoms with E-state index in [1.807, 2.05) is 30.3 Å². The Morgan fingerprint density at radius 1 is 0.977 bits per heavy atom. The van der Waals surface area contributed by atoms with E-state index in [2.05, 4.69) is 5.32 Å². The summed E-state index contributed by atoms with van der Waals surface area (Å²) >= 11 is 0. The van der Waals surface area contributed by atoms with Crippen molar-refractivity contribution in [2.75, 3.05) is 46.1 Å². The number of nitrogens with zero attached hydrogens (tertiary/aromatic N) is 2. The highest BCUT2D eigenvalue weighted by Crippen LogP contribution is 2.21. The van der Waals surface area contributed by atoms with E-state index in [0.29, 0.717) is 25.2 Å². The molecule has 1 aliphatic heterocycles. The smallest absolute Gasteiger partial charge is 0.261 e. The number of benzene rings is 3. The lowest BCUT2D eigenvalue weighted by Gasteiger charge is -2.31. The maximum Gasteiger partial charge on any atom is 0.261 e. The molecule has 0 bridgehead atoms. The summed E-state index contributed by atoms with van der Waals surface area (Å²) in [5, 5.41) is 12.0. The molecule has 0 aliphatic carbocycles.